The highest BCUT2D eigenvalue weighted by Crippen LogP contribution is 2.18. The van der Waals surface area contributed by atoms with Crippen molar-refractivity contribution >= 4 is 12.1 Å². The van der Waals surface area contributed by atoms with E-state index in [-0.39, 0.29) is 13.2 Å². The molecule has 0 spiro atoms. The minimum absolute atomic E-state index is 0.00542. The number of esters is 1. The highest BCUT2D eigenvalue weighted by atomic mass is 16.7. The van der Waals surface area contributed by atoms with E-state index in [0.29, 0.717) is 12.5 Å². The maximum absolute atomic E-state index is 11.5. The number of unbranched alkanes of at least 4 members (excludes halogenated alkanes) is 4. The van der Waals surface area contributed by atoms with Gasteiger partial charge in [-0.3, -0.25) is 0 Å². The van der Waals surface area contributed by atoms with Crippen molar-refractivity contribution in [3.63, 3.8) is 0 Å². The lowest BCUT2D eigenvalue weighted by molar-refractivity contribution is -0.139. The first-order chi connectivity index (χ1) is 11.1. The number of hydrogen-bond donors (Lipinski definition) is 0. The van der Waals surface area contributed by atoms with Gasteiger partial charge in [-0.05, 0) is 18.8 Å². The lowest BCUT2D eigenvalue weighted by Gasteiger charge is -2.16. The second-order valence-corrected chi connectivity index (χ2v) is 5.64. The van der Waals surface area contributed by atoms with Crippen molar-refractivity contribution in [3.8, 4) is 0 Å². The molecule has 1 atom stereocenters. The fourth-order valence-corrected chi connectivity index (χ4v) is 2.22. The molecule has 0 N–H and O–H groups in total. The first-order valence-electron chi connectivity index (χ1n) is 8.72. The second-order valence-electron chi connectivity index (χ2n) is 5.64. The average molecular weight is 328 g/mol. The van der Waals surface area contributed by atoms with Gasteiger partial charge < -0.3 is 14.2 Å². The molecule has 0 radical (unpaired) electrons. The van der Waals surface area contributed by atoms with E-state index >= 15 is 0 Å². The van der Waals surface area contributed by atoms with Crippen LogP contribution in [0.25, 0.3) is 0 Å². The van der Waals surface area contributed by atoms with E-state index in [4.69, 9.17) is 14.2 Å². The molecule has 0 aromatic rings. The van der Waals surface area contributed by atoms with Gasteiger partial charge in [-0.15, -0.1) is 0 Å². The average Bonchev–Trinajstić information content (AvgIpc) is 2.56. The molecule has 0 saturated heterocycles. The maximum atomic E-state index is 11.5. The fourth-order valence-electron chi connectivity index (χ4n) is 2.22. The molecular formula is C18H32O5. The molecule has 23 heavy (non-hydrogen) atoms. The molecule has 5 nitrogen and oxygen atoms in total. The number of hydrogen-bond acceptors (Lipinski definition) is 5. The quantitative estimate of drug-likeness (QED) is 0.264. The molecular weight excluding hydrogens is 296 g/mol. The summed E-state index contributed by atoms with van der Waals surface area (Å²) in [6.07, 6.45) is 9.71. The van der Waals surface area contributed by atoms with E-state index in [1.54, 1.807) is 0 Å². The first-order valence-corrected chi connectivity index (χ1v) is 8.72. The lowest BCUT2D eigenvalue weighted by atomic mass is 9.96. The zero-order valence-corrected chi connectivity index (χ0v) is 14.7. The van der Waals surface area contributed by atoms with Gasteiger partial charge in [-0.2, -0.15) is 0 Å². The number of carbonyl (C=O) groups is 2. The van der Waals surface area contributed by atoms with Crippen molar-refractivity contribution in [1.82, 2.24) is 0 Å². The Morgan fingerprint density at radius 2 is 1.57 bits per heavy atom. The van der Waals surface area contributed by atoms with Crippen LogP contribution in [0.2, 0.25) is 0 Å². The molecule has 0 amide bonds. The molecule has 0 aromatic carbocycles. The fraction of sp³-hybridized carbons (Fsp3) is 0.778. The molecule has 134 valence electrons. The largest absolute Gasteiger partial charge is 0.508 e. The standard InChI is InChI=1S/C18H32O5/c1-4-7-9-10-12-16(11-8-5-2)15-23-18(20)22-14-13-21-17(19)6-3/h6,16H,3-5,7-15H2,1-2H3. The Labute approximate surface area is 140 Å². The van der Waals surface area contributed by atoms with Crippen molar-refractivity contribution in [2.24, 2.45) is 5.92 Å². The Kier molecular flexibility index (Phi) is 14.4. The van der Waals surface area contributed by atoms with Crippen molar-refractivity contribution in [1.29, 1.82) is 0 Å². The van der Waals surface area contributed by atoms with E-state index in [1.807, 2.05) is 0 Å². The van der Waals surface area contributed by atoms with Crippen LogP contribution in [-0.4, -0.2) is 31.9 Å². The number of carbonyl (C=O) groups excluding carboxylic acids is 2. The smallest absolute Gasteiger partial charge is 0.459 e. The van der Waals surface area contributed by atoms with Crippen molar-refractivity contribution in [2.75, 3.05) is 19.8 Å². The third kappa shape index (κ3) is 13.8. The summed E-state index contributed by atoms with van der Waals surface area (Å²) in [7, 11) is 0. The molecule has 0 saturated carbocycles. The van der Waals surface area contributed by atoms with Gasteiger partial charge >= 0.3 is 12.1 Å². The molecule has 0 aliphatic rings. The summed E-state index contributed by atoms with van der Waals surface area (Å²) in [4.78, 5) is 22.3. The summed E-state index contributed by atoms with van der Waals surface area (Å²) < 4.78 is 14.7. The van der Waals surface area contributed by atoms with Gasteiger partial charge in [-0.25, -0.2) is 9.59 Å². The van der Waals surface area contributed by atoms with E-state index in [0.717, 1.165) is 31.8 Å². The molecule has 0 fully saturated rings. The molecule has 0 heterocycles. The van der Waals surface area contributed by atoms with E-state index in [2.05, 4.69) is 20.4 Å². The predicted octanol–water partition coefficient (Wildman–Crippen LogP) is 4.65. The Morgan fingerprint density at radius 3 is 2.22 bits per heavy atom. The van der Waals surface area contributed by atoms with Gasteiger partial charge in [0.25, 0.3) is 0 Å². The molecule has 5 heteroatoms. The number of rotatable bonds is 14. The Bertz CT molecular complexity index is 327. The zero-order chi connectivity index (χ0) is 17.3. The Balaban J connectivity index is 3.85. The Hall–Kier alpha value is -1.52. The summed E-state index contributed by atoms with van der Waals surface area (Å²) >= 11 is 0. The third-order valence-corrected chi connectivity index (χ3v) is 3.58. The summed E-state index contributed by atoms with van der Waals surface area (Å²) in [6.45, 7) is 8.04. The maximum Gasteiger partial charge on any atom is 0.508 e. The molecule has 0 aliphatic heterocycles. The SMILES string of the molecule is C=CC(=O)OCCOC(=O)OCC(CCCC)CCCCCC. The highest BCUT2D eigenvalue weighted by Gasteiger charge is 2.12. The van der Waals surface area contributed by atoms with E-state index in [1.165, 1.54) is 25.7 Å². The van der Waals surface area contributed by atoms with Crippen molar-refractivity contribution < 1.29 is 23.8 Å². The minimum atomic E-state index is -0.699. The van der Waals surface area contributed by atoms with Crippen molar-refractivity contribution in [3.05, 3.63) is 12.7 Å². The van der Waals surface area contributed by atoms with Gasteiger partial charge in [0.1, 0.15) is 13.2 Å². The van der Waals surface area contributed by atoms with E-state index in [9.17, 15) is 9.59 Å². The monoisotopic (exact) mass is 328 g/mol. The normalized spacial score (nSPS) is 11.6. The summed E-state index contributed by atoms with van der Waals surface area (Å²) in [6, 6.07) is 0. The van der Waals surface area contributed by atoms with Crippen LogP contribution in [0.15, 0.2) is 12.7 Å². The second kappa shape index (κ2) is 15.4. The molecule has 0 rings (SSSR count). The Morgan fingerprint density at radius 1 is 0.913 bits per heavy atom. The summed E-state index contributed by atoms with van der Waals surface area (Å²) in [5.41, 5.74) is 0. The topological polar surface area (TPSA) is 61.8 Å². The number of ether oxygens (including phenoxy) is 3. The van der Waals surface area contributed by atoms with Gasteiger partial charge in [-0.1, -0.05) is 59.0 Å². The van der Waals surface area contributed by atoms with Crippen LogP contribution in [0.1, 0.15) is 65.2 Å². The van der Waals surface area contributed by atoms with Crippen molar-refractivity contribution in [2.45, 2.75) is 65.2 Å². The lowest BCUT2D eigenvalue weighted by Crippen LogP contribution is -2.18. The van der Waals surface area contributed by atoms with Crippen LogP contribution in [-0.2, 0) is 19.0 Å². The van der Waals surface area contributed by atoms with Crippen LogP contribution in [0.4, 0.5) is 4.79 Å². The van der Waals surface area contributed by atoms with Crippen LogP contribution in [0.5, 0.6) is 0 Å². The van der Waals surface area contributed by atoms with Gasteiger partial charge in [0.15, 0.2) is 0 Å². The molecule has 0 aromatic heterocycles. The first kappa shape index (κ1) is 21.5. The van der Waals surface area contributed by atoms with Crippen LogP contribution < -0.4 is 0 Å². The van der Waals surface area contributed by atoms with Gasteiger partial charge in [0.2, 0.25) is 0 Å². The van der Waals surface area contributed by atoms with E-state index < -0.39 is 12.1 Å². The van der Waals surface area contributed by atoms with Crippen LogP contribution in [0.3, 0.4) is 0 Å². The van der Waals surface area contributed by atoms with Crippen LogP contribution in [0, 0.1) is 5.92 Å². The summed E-state index contributed by atoms with van der Waals surface area (Å²) in [5, 5.41) is 0. The summed E-state index contributed by atoms with van der Waals surface area (Å²) in [5.74, 6) is -0.133. The van der Waals surface area contributed by atoms with Gasteiger partial charge in [0, 0.05) is 6.08 Å². The van der Waals surface area contributed by atoms with Gasteiger partial charge in [0.05, 0.1) is 6.61 Å². The highest BCUT2D eigenvalue weighted by molar-refractivity contribution is 5.81. The van der Waals surface area contributed by atoms with Crippen LogP contribution >= 0.6 is 0 Å². The zero-order valence-electron chi connectivity index (χ0n) is 14.7. The predicted molar refractivity (Wildman–Crippen MR) is 90.2 cm³/mol. The molecule has 1 unspecified atom stereocenters. The molecule has 0 aliphatic carbocycles. The third-order valence-electron chi connectivity index (χ3n) is 3.58. The molecule has 0 bridgehead atoms. The minimum Gasteiger partial charge on any atom is -0.459 e.